The summed E-state index contributed by atoms with van der Waals surface area (Å²) in [6.45, 7) is 2.74. The molecule has 0 spiro atoms. The number of rotatable bonds is 5. The van der Waals surface area contributed by atoms with E-state index in [4.69, 9.17) is 5.73 Å². The predicted molar refractivity (Wildman–Crippen MR) is 81.0 cm³/mol. The number of amides is 1. The highest BCUT2D eigenvalue weighted by atomic mass is 16.6. The number of nitrogens with zero attached hydrogens (tertiary/aromatic N) is 1. The Morgan fingerprint density at radius 1 is 1.43 bits per heavy atom. The van der Waals surface area contributed by atoms with Crippen molar-refractivity contribution in [2.24, 2.45) is 5.41 Å². The Morgan fingerprint density at radius 3 is 2.67 bits per heavy atom. The number of nitro groups is 1. The van der Waals surface area contributed by atoms with Crippen molar-refractivity contribution in [3.8, 4) is 0 Å². The molecule has 114 valence electrons. The van der Waals surface area contributed by atoms with Gasteiger partial charge in [0.15, 0.2) is 0 Å². The molecule has 1 fully saturated rings. The minimum atomic E-state index is -0.573. The van der Waals surface area contributed by atoms with E-state index in [9.17, 15) is 14.9 Å². The van der Waals surface area contributed by atoms with Crippen LogP contribution in [-0.4, -0.2) is 17.4 Å². The number of anilines is 1. The molecule has 0 radical (unpaired) electrons. The first-order chi connectivity index (χ1) is 9.99. The van der Waals surface area contributed by atoms with Crippen LogP contribution in [0, 0.1) is 15.5 Å². The van der Waals surface area contributed by atoms with Crippen LogP contribution in [0.3, 0.4) is 0 Å². The molecular formula is C15H21N3O3. The summed E-state index contributed by atoms with van der Waals surface area (Å²) in [6.07, 6.45) is 5.66. The maximum atomic E-state index is 12.2. The molecular weight excluding hydrogens is 270 g/mol. The van der Waals surface area contributed by atoms with Gasteiger partial charge < -0.3 is 11.1 Å². The molecule has 1 aromatic rings. The van der Waals surface area contributed by atoms with Gasteiger partial charge in [-0.25, -0.2) is 0 Å². The van der Waals surface area contributed by atoms with Crippen molar-refractivity contribution in [1.29, 1.82) is 0 Å². The fourth-order valence-corrected chi connectivity index (χ4v) is 3.05. The number of hydrogen-bond donors (Lipinski definition) is 2. The summed E-state index contributed by atoms with van der Waals surface area (Å²) < 4.78 is 0. The molecule has 0 unspecified atom stereocenters. The Kier molecular flexibility index (Phi) is 4.45. The second-order valence-corrected chi connectivity index (χ2v) is 5.74. The van der Waals surface area contributed by atoms with Gasteiger partial charge in [-0.05, 0) is 30.7 Å². The molecule has 6 nitrogen and oxygen atoms in total. The highest BCUT2D eigenvalue weighted by Crippen LogP contribution is 2.40. The summed E-state index contributed by atoms with van der Waals surface area (Å²) in [5.74, 6) is -0.337. The quantitative estimate of drug-likeness (QED) is 0.495. The van der Waals surface area contributed by atoms with Gasteiger partial charge in [-0.2, -0.15) is 0 Å². The average Bonchev–Trinajstić information content (AvgIpc) is 2.94. The maximum absolute atomic E-state index is 12.2. The van der Waals surface area contributed by atoms with Gasteiger partial charge in [0, 0.05) is 12.6 Å². The van der Waals surface area contributed by atoms with Crippen molar-refractivity contribution >= 4 is 17.3 Å². The fraction of sp³-hybridized carbons (Fsp3) is 0.533. The van der Waals surface area contributed by atoms with Crippen LogP contribution < -0.4 is 11.1 Å². The minimum Gasteiger partial charge on any atom is -0.393 e. The van der Waals surface area contributed by atoms with Gasteiger partial charge in [0.1, 0.15) is 5.69 Å². The Balaban J connectivity index is 2.10. The molecule has 0 bridgehead atoms. The van der Waals surface area contributed by atoms with Gasteiger partial charge >= 0.3 is 0 Å². The van der Waals surface area contributed by atoms with Crippen LogP contribution in [0.1, 0.15) is 49.4 Å². The van der Waals surface area contributed by atoms with E-state index in [-0.39, 0.29) is 28.3 Å². The number of nitrogens with two attached hydrogens (primary N) is 1. The standard InChI is InChI=1S/C15H21N3O3/c1-2-15(8-3-4-9-15)10-17-14(19)11-6-5-7-12(13(11)16)18(20)21/h5-7H,2-4,8-10,16H2,1H3,(H,17,19). The maximum Gasteiger partial charge on any atom is 0.292 e. The molecule has 0 heterocycles. The monoisotopic (exact) mass is 291 g/mol. The summed E-state index contributed by atoms with van der Waals surface area (Å²) in [5, 5.41) is 13.8. The fourth-order valence-electron chi connectivity index (χ4n) is 3.05. The van der Waals surface area contributed by atoms with Gasteiger partial charge in [-0.1, -0.05) is 25.8 Å². The zero-order valence-corrected chi connectivity index (χ0v) is 12.2. The molecule has 1 aliphatic carbocycles. The van der Waals surface area contributed by atoms with Crippen LogP contribution in [0.4, 0.5) is 11.4 Å². The number of hydrogen-bond acceptors (Lipinski definition) is 4. The summed E-state index contributed by atoms with van der Waals surface area (Å²) in [5.41, 5.74) is 5.78. The predicted octanol–water partition coefficient (Wildman–Crippen LogP) is 2.88. The Labute approximate surface area is 123 Å². The molecule has 1 aromatic carbocycles. The van der Waals surface area contributed by atoms with E-state index < -0.39 is 4.92 Å². The van der Waals surface area contributed by atoms with E-state index in [0.29, 0.717) is 6.54 Å². The second-order valence-electron chi connectivity index (χ2n) is 5.74. The third-order valence-electron chi connectivity index (χ3n) is 4.56. The molecule has 0 aromatic heterocycles. The van der Waals surface area contributed by atoms with Crippen molar-refractivity contribution in [2.45, 2.75) is 39.0 Å². The number of carbonyl (C=O) groups is 1. The van der Waals surface area contributed by atoms with E-state index in [0.717, 1.165) is 19.3 Å². The molecule has 2 rings (SSSR count). The topological polar surface area (TPSA) is 98.3 Å². The lowest BCUT2D eigenvalue weighted by molar-refractivity contribution is -0.383. The third kappa shape index (κ3) is 3.15. The second kappa shape index (κ2) is 6.11. The minimum absolute atomic E-state index is 0.0722. The molecule has 0 atom stereocenters. The molecule has 6 heteroatoms. The van der Waals surface area contributed by atoms with Crippen LogP contribution in [0.2, 0.25) is 0 Å². The highest BCUT2D eigenvalue weighted by Gasteiger charge is 2.32. The first-order valence-electron chi connectivity index (χ1n) is 7.30. The van der Waals surface area contributed by atoms with Crippen molar-refractivity contribution in [3.05, 3.63) is 33.9 Å². The average molecular weight is 291 g/mol. The zero-order valence-electron chi connectivity index (χ0n) is 12.2. The third-order valence-corrected chi connectivity index (χ3v) is 4.56. The first kappa shape index (κ1) is 15.3. The van der Waals surface area contributed by atoms with E-state index in [1.807, 2.05) is 0 Å². The van der Waals surface area contributed by atoms with Gasteiger partial charge in [0.25, 0.3) is 11.6 Å². The van der Waals surface area contributed by atoms with Crippen LogP contribution in [0.15, 0.2) is 18.2 Å². The lowest BCUT2D eigenvalue weighted by atomic mass is 9.83. The van der Waals surface area contributed by atoms with Crippen molar-refractivity contribution in [1.82, 2.24) is 5.32 Å². The van der Waals surface area contributed by atoms with E-state index in [2.05, 4.69) is 12.2 Å². The highest BCUT2D eigenvalue weighted by molar-refractivity contribution is 6.00. The smallest absolute Gasteiger partial charge is 0.292 e. The molecule has 0 aliphatic heterocycles. The molecule has 0 saturated heterocycles. The Hall–Kier alpha value is -2.11. The summed E-state index contributed by atoms with van der Waals surface area (Å²) in [6, 6.07) is 4.30. The van der Waals surface area contributed by atoms with Crippen LogP contribution in [0.5, 0.6) is 0 Å². The molecule has 3 N–H and O–H groups in total. The molecule has 1 amide bonds. The summed E-state index contributed by atoms with van der Waals surface area (Å²) >= 11 is 0. The number of benzene rings is 1. The number of nitro benzene ring substituents is 1. The molecule has 21 heavy (non-hydrogen) atoms. The van der Waals surface area contributed by atoms with Crippen molar-refractivity contribution < 1.29 is 9.72 Å². The number of nitrogen functional groups attached to an aromatic ring is 1. The first-order valence-corrected chi connectivity index (χ1v) is 7.30. The van der Waals surface area contributed by atoms with Gasteiger partial charge in [0.05, 0.1) is 10.5 Å². The summed E-state index contributed by atoms with van der Waals surface area (Å²) in [4.78, 5) is 22.5. The molecule has 1 saturated carbocycles. The van der Waals surface area contributed by atoms with Crippen LogP contribution >= 0.6 is 0 Å². The Bertz CT molecular complexity index is 551. The van der Waals surface area contributed by atoms with Gasteiger partial charge in [-0.3, -0.25) is 14.9 Å². The largest absolute Gasteiger partial charge is 0.393 e. The van der Waals surface area contributed by atoms with Gasteiger partial charge in [0.2, 0.25) is 0 Å². The lowest BCUT2D eigenvalue weighted by Crippen LogP contribution is -2.36. The SMILES string of the molecule is CCC1(CNC(=O)c2cccc([N+](=O)[O-])c2N)CCCC1. The van der Waals surface area contributed by atoms with Crippen LogP contribution in [-0.2, 0) is 0 Å². The zero-order chi connectivity index (χ0) is 15.5. The number of carbonyl (C=O) groups excluding carboxylic acids is 1. The van der Waals surface area contributed by atoms with E-state index in [1.165, 1.54) is 31.0 Å². The number of nitrogens with one attached hydrogen (secondary N) is 1. The lowest BCUT2D eigenvalue weighted by Gasteiger charge is -2.27. The normalized spacial score (nSPS) is 16.6. The summed E-state index contributed by atoms with van der Waals surface area (Å²) in [7, 11) is 0. The Morgan fingerprint density at radius 2 is 2.10 bits per heavy atom. The number of para-hydroxylation sites is 1. The van der Waals surface area contributed by atoms with E-state index >= 15 is 0 Å². The van der Waals surface area contributed by atoms with E-state index in [1.54, 1.807) is 0 Å². The van der Waals surface area contributed by atoms with Crippen molar-refractivity contribution in [3.63, 3.8) is 0 Å². The van der Waals surface area contributed by atoms with Gasteiger partial charge in [-0.15, -0.1) is 0 Å². The van der Waals surface area contributed by atoms with Crippen LogP contribution in [0.25, 0.3) is 0 Å². The van der Waals surface area contributed by atoms with Crippen molar-refractivity contribution in [2.75, 3.05) is 12.3 Å². The molecule has 1 aliphatic rings.